The van der Waals surface area contributed by atoms with Crippen LogP contribution in [0.25, 0.3) is 0 Å². The van der Waals surface area contributed by atoms with E-state index in [4.69, 9.17) is 19.3 Å². The molecule has 0 bridgehead atoms. The SMILES string of the molecule is CCCCOC(=O)[C@@]1(C)CSC(c2ccc(OCCOCCO)cc2O)=N1. The molecule has 0 spiro atoms. The molecule has 0 saturated carbocycles. The lowest BCUT2D eigenvalue weighted by Gasteiger charge is -2.17. The normalized spacial score (nSPS) is 19.0. The molecule has 27 heavy (non-hydrogen) atoms. The standard InChI is InChI=1S/C19H27NO6S/c1-3-4-8-26-18(23)19(2)13-27-17(20-19)15-6-5-14(12-16(15)22)25-11-10-24-9-7-21/h5-6,12,21-22H,3-4,7-11,13H2,1-2H3/t19-/m1/s1. The van der Waals surface area contributed by atoms with Crippen LogP contribution in [-0.4, -0.2) is 65.6 Å². The summed E-state index contributed by atoms with van der Waals surface area (Å²) in [4.78, 5) is 16.8. The van der Waals surface area contributed by atoms with Crippen LogP contribution in [0.5, 0.6) is 11.5 Å². The highest BCUT2D eigenvalue weighted by Gasteiger charge is 2.40. The van der Waals surface area contributed by atoms with E-state index in [1.54, 1.807) is 19.1 Å². The molecule has 0 amide bonds. The number of hydrogen-bond acceptors (Lipinski definition) is 8. The van der Waals surface area contributed by atoms with Crippen LogP contribution in [-0.2, 0) is 14.3 Å². The maximum Gasteiger partial charge on any atom is 0.334 e. The second kappa shape index (κ2) is 10.5. The Morgan fingerprint density at radius 1 is 1.30 bits per heavy atom. The summed E-state index contributed by atoms with van der Waals surface area (Å²) in [6.07, 6.45) is 1.79. The van der Waals surface area contributed by atoms with Crippen molar-refractivity contribution in [3.63, 3.8) is 0 Å². The Morgan fingerprint density at radius 3 is 2.81 bits per heavy atom. The van der Waals surface area contributed by atoms with Crippen LogP contribution in [0, 0.1) is 0 Å². The molecule has 0 radical (unpaired) electrons. The van der Waals surface area contributed by atoms with E-state index in [1.807, 2.05) is 6.92 Å². The van der Waals surface area contributed by atoms with Crippen molar-refractivity contribution in [3.05, 3.63) is 23.8 Å². The predicted molar refractivity (Wildman–Crippen MR) is 105 cm³/mol. The number of thioether (sulfide) groups is 1. The average Bonchev–Trinajstić information content (AvgIpc) is 3.05. The Balaban J connectivity index is 1.98. The molecule has 1 heterocycles. The highest BCUT2D eigenvalue weighted by Crippen LogP contribution is 2.36. The van der Waals surface area contributed by atoms with Crippen molar-refractivity contribution in [1.82, 2.24) is 0 Å². The number of ether oxygens (including phenoxy) is 3. The second-order valence-corrected chi connectivity index (χ2v) is 7.30. The van der Waals surface area contributed by atoms with Crippen molar-refractivity contribution in [2.45, 2.75) is 32.2 Å². The van der Waals surface area contributed by atoms with Crippen molar-refractivity contribution in [2.24, 2.45) is 4.99 Å². The Labute approximate surface area is 163 Å². The molecule has 7 nitrogen and oxygen atoms in total. The third-order valence-electron chi connectivity index (χ3n) is 3.94. The molecule has 150 valence electrons. The Bertz CT molecular complexity index is 666. The van der Waals surface area contributed by atoms with Gasteiger partial charge in [0.2, 0.25) is 0 Å². The number of phenolic OH excluding ortho intramolecular Hbond substituents is 1. The molecule has 1 aliphatic rings. The van der Waals surface area contributed by atoms with E-state index in [0.29, 0.717) is 41.9 Å². The van der Waals surface area contributed by atoms with E-state index in [1.165, 1.54) is 17.8 Å². The molecule has 1 aromatic rings. The molecule has 1 aliphatic heterocycles. The van der Waals surface area contributed by atoms with Gasteiger partial charge in [-0.3, -0.25) is 4.99 Å². The summed E-state index contributed by atoms with van der Waals surface area (Å²) in [5.74, 6) is 0.696. The molecule has 0 unspecified atom stereocenters. The van der Waals surface area contributed by atoms with Crippen LogP contribution >= 0.6 is 11.8 Å². The number of esters is 1. The molecule has 0 aliphatic carbocycles. The van der Waals surface area contributed by atoms with E-state index in [2.05, 4.69) is 4.99 Å². The summed E-state index contributed by atoms with van der Waals surface area (Å²) in [7, 11) is 0. The fourth-order valence-electron chi connectivity index (χ4n) is 2.37. The number of nitrogens with zero attached hydrogens (tertiary/aromatic N) is 1. The number of unbranched alkanes of at least 4 members (excludes halogenated alkanes) is 1. The maximum absolute atomic E-state index is 12.3. The maximum atomic E-state index is 12.3. The van der Waals surface area contributed by atoms with Crippen LogP contribution < -0.4 is 4.74 Å². The molecule has 1 atom stereocenters. The zero-order valence-electron chi connectivity index (χ0n) is 15.8. The monoisotopic (exact) mass is 397 g/mol. The van der Waals surface area contributed by atoms with Crippen LogP contribution in [0.3, 0.4) is 0 Å². The van der Waals surface area contributed by atoms with Gasteiger partial charge in [0.15, 0.2) is 5.54 Å². The van der Waals surface area contributed by atoms with Crippen molar-refractivity contribution >= 4 is 22.8 Å². The molecule has 0 fully saturated rings. The zero-order valence-corrected chi connectivity index (χ0v) is 16.6. The van der Waals surface area contributed by atoms with Gasteiger partial charge in [-0.25, -0.2) is 4.79 Å². The lowest BCUT2D eigenvalue weighted by atomic mass is 10.1. The topological polar surface area (TPSA) is 97.6 Å². The predicted octanol–water partition coefficient (Wildman–Crippen LogP) is 2.38. The van der Waals surface area contributed by atoms with E-state index >= 15 is 0 Å². The molecule has 0 aromatic heterocycles. The van der Waals surface area contributed by atoms with Gasteiger partial charge in [0, 0.05) is 17.4 Å². The summed E-state index contributed by atoms with van der Waals surface area (Å²) in [5.41, 5.74) is -0.367. The first-order valence-corrected chi connectivity index (χ1v) is 10.0. The van der Waals surface area contributed by atoms with Gasteiger partial charge in [-0.2, -0.15) is 0 Å². The number of carbonyl (C=O) groups excluding carboxylic acids is 1. The number of benzene rings is 1. The van der Waals surface area contributed by atoms with Gasteiger partial charge in [0.05, 0.1) is 26.4 Å². The van der Waals surface area contributed by atoms with E-state index in [9.17, 15) is 9.90 Å². The van der Waals surface area contributed by atoms with Crippen molar-refractivity contribution in [3.8, 4) is 11.5 Å². The highest BCUT2D eigenvalue weighted by atomic mass is 32.2. The van der Waals surface area contributed by atoms with Crippen molar-refractivity contribution in [2.75, 3.05) is 38.8 Å². The van der Waals surface area contributed by atoms with Gasteiger partial charge in [0.25, 0.3) is 0 Å². The fraction of sp³-hybridized carbons (Fsp3) is 0.579. The first kappa shape index (κ1) is 21.5. The summed E-state index contributed by atoms with van der Waals surface area (Å²) < 4.78 is 15.9. The van der Waals surface area contributed by atoms with Crippen LogP contribution in [0.15, 0.2) is 23.2 Å². The third kappa shape index (κ3) is 6.12. The van der Waals surface area contributed by atoms with Crippen LogP contribution in [0.4, 0.5) is 0 Å². The Morgan fingerprint density at radius 2 is 2.11 bits per heavy atom. The molecule has 8 heteroatoms. The van der Waals surface area contributed by atoms with Crippen LogP contribution in [0.2, 0.25) is 0 Å². The average molecular weight is 397 g/mol. The number of phenols is 1. The van der Waals surface area contributed by atoms with Crippen LogP contribution in [0.1, 0.15) is 32.3 Å². The third-order valence-corrected chi connectivity index (χ3v) is 5.23. The van der Waals surface area contributed by atoms with Crippen molar-refractivity contribution in [1.29, 1.82) is 0 Å². The number of aromatic hydroxyl groups is 1. The highest BCUT2D eigenvalue weighted by molar-refractivity contribution is 8.14. The number of hydrogen-bond donors (Lipinski definition) is 2. The lowest BCUT2D eigenvalue weighted by Crippen LogP contribution is -2.35. The number of aliphatic hydroxyl groups is 1. The van der Waals surface area contributed by atoms with Gasteiger partial charge < -0.3 is 24.4 Å². The largest absolute Gasteiger partial charge is 0.507 e. The summed E-state index contributed by atoms with van der Waals surface area (Å²) >= 11 is 1.42. The van der Waals surface area contributed by atoms with Gasteiger partial charge >= 0.3 is 5.97 Å². The molecule has 2 rings (SSSR count). The smallest absolute Gasteiger partial charge is 0.334 e. The first-order chi connectivity index (χ1) is 13.0. The Kier molecular flexibility index (Phi) is 8.40. The summed E-state index contributed by atoms with van der Waals surface area (Å²) in [5, 5.41) is 19.6. The molecule has 0 saturated heterocycles. The van der Waals surface area contributed by atoms with E-state index in [0.717, 1.165) is 12.8 Å². The summed E-state index contributed by atoms with van der Waals surface area (Å²) in [6.45, 7) is 5.10. The fourth-order valence-corrected chi connectivity index (χ4v) is 3.57. The quantitative estimate of drug-likeness (QED) is 0.437. The molecular formula is C19H27NO6S. The molecular weight excluding hydrogens is 370 g/mol. The number of rotatable bonds is 11. The minimum absolute atomic E-state index is 0.0275. The minimum atomic E-state index is -0.931. The van der Waals surface area contributed by atoms with E-state index < -0.39 is 5.54 Å². The minimum Gasteiger partial charge on any atom is -0.507 e. The zero-order chi connectivity index (χ0) is 19.7. The second-order valence-electron chi connectivity index (χ2n) is 6.33. The van der Waals surface area contributed by atoms with Gasteiger partial charge in [0.1, 0.15) is 23.1 Å². The number of aliphatic hydroxyl groups excluding tert-OH is 1. The van der Waals surface area contributed by atoms with Crippen molar-refractivity contribution < 1.29 is 29.2 Å². The Hall–Kier alpha value is -1.77. The number of aliphatic imine (C=N–C) groups is 1. The molecule has 2 N–H and O–H groups in total. The van der Waals surface area contributed by atoms with Gasteiger partial charge in [-0.15, -0.1) is 11.8 Å². The van der Waals surface area contributed by atoms with Gasteiger partial charge in [-0.1, -0.05) is 13.3 Å². The number of carbonyl (C=O) groups is 1. The van der Waals surface area contributed by atoms with Gasteiger partial charge in [-0.05, 0) is 25.5 Å². The first-order valence-electron chi connectivity index (χ1n) is 9.05. The molecule has 1 aromatic carbocycles. The van der Waals surface area contributed by atoms with E-state index in [-0.39, 0.29) is 24.9 Å². The lowest BCUT2D eigenvalue weighted by molar-refractivity contribution is -0.148. The summed E-state index contributed by atoms with van der Waals surface area (Å²) in [6, 6.07) is 4.97.